The number of halogens is 1. The van der Waals surface area contributed by atoms with Crippen molar-refractivity contribution in [2.45, 2.75) is 25.4 Å². The zero-order valence-corrected chi connectivity index (χ0v) is 14.5. The summed E-state index contributed by atoms with van der Waals surface area (Å²) in [7, 11) is 1.47. The summed E-state index contributed by atoms with van der Waals surface area (Å²) in [6, 6.07) is 6.80. The van der Waals surface area contributed by atoms with Crippen molar-refractivity contribution < 1.29 is 24.4 Å². The van der Waals surface area contributed by atoms with Gasteiger partial charge < -0.3 is 10.1 Å². The fourth-order valence-electron chi connectivity index (χ4n) is 3.88. The Kier molecular flexibility index (Phi) is 4.13. The normalized spacial score (nSPS) is 32.2. The molecule has 0 radical (unpaired) electrons. The fraction of sp³-hybridized carbons (Fsp3) is 0.471. The number of carbonyl (C=O) groups excluding carboxylic acids is 3. The number of imide groups is 1. The highest BCUT2D eigenvalue weighted by atomic mass is 35.5. The monoisotopic (exact) mass is 351 g/mol. The third-order valence-electron chi connectivity index (χ3n) is 5.10. The van der Waals surface area contributed by atoms with E-state index in [2.05, 4.69) is 0 Å². The molecule has 128 valence electrons. The molecule has 2 N–H and O–H groups in total. The predicted octanol–water partition coefficient (Wildman–Crippen LogP) is 0.511. The maximum Gasteiger partial charge on any atom is 0.368 e. The average Bonchev–Trinajstić information content (AvgIpc) is 2.99. The fourth-order valence-corrected chi connectivity index (χ4v) is 4.00. The number of hydrogen-bond acceptors (Lipinski definition) is 4. The van der Waals surface area contributed by atoms with Crippen molar-refractivity contribution in [3.8, 4) is 0 Å². The lowest BCUT2D eigenvalue weighted by Gasteiger charge is -2.25. The molecule has 6 nitrogen and oxygen atoms in total. The second kappa shape index (κ2) is 5.86. The average molecular weight is 352 g/mol. The van der Waals surface area contributed by atoms with Crippen molar-refractivity contribution >= 4 is 29.4 Å². The minimum atomic E-state index is -1.12. The molecule has 2 saturated heterocycles. The van der Waals surface area contributed by atoms with Gasteiger partial charge in [0.25, 0.3) is 0 Å². The van der Waals surface area contributed by atoms with Crippen molar-refractivity contribution in [3.63, 3.8) is 0 Å². The van der Waals surface area contributed by atoms with Crippen LogP contribution in [-0.4, -0.2) is 41.9 Å². The van der Waals surface area contributed by atoms with Crippen molar-refractivity contribution in [1.82, 2.24) is 4.90 Å². The minimum Gasteiger partial charge on any atom is -0.461 e. The Balaban J connectivity index is 2.06. The molecule has 3 rings (SSSR count). The molecule has 0 aromatic heterocycles. The number of amides is 2. The standard InChI is InChI=1S/C17H19ClN2O4/c1-4-24-16(23)17(2)12-11(14(21)20(3)15(12)22)13(19-17)9-5-7-10(18)8-6-9/h5-8,11-13,19H,4H2,1-3H3/p+1/t11-,12+,13-,17-/m0/s1. The molecule has 0 bridgehead atoms. The van der Waals surface area contributed by atoms with E-state index in [-0.39, 0.29) is 24.5 Å². The summed E-state index contributed by atoms with van der Waals surface area (Å²) in [5.74, 6) is -2.36. The smallest absolute Gasteiger partial charge is 0.368 e. The summed E-state index contributed by atoms with van der Waals surface area (Å²) in [6.07, 6.45) is 0. The number of nitrogens with zero attached hydrogens (tertiary/aromatic N) is 1. The van der Waals surface area contributed by atoms with Crippen LogP contribution >= 0.6 is 11.6 Å². The van der Waals surface area contributed by atoms with Crippen LogP contribution in [0.5, 0.6) is 0 Å². The Labute approximate surface area is 145 Å². The van der Waals surface area contributed by atoms with E-state index in [9.17, 15) is 14.4 Å². The Bertz CT molecular complexity index is 705. The molecule has 0 unspecified atom stereocenters. The van der Waals surface area contributed by atoms with E-state index >= 15 is 0 Å². The van der Waals surface area contributed by atoms with Crippen LogP contribution in [0.1, 0.15) is 25.5 Å². The number of quaternary nitrogens is 1. The Morgan fingerprint density at radius 3 is 2.50 bits per heavy atom. The van der Waals surface area contributed by atoms with E-state index in [1.165, 1.54) is 7.05 Å². The van der Waals surface area contributed by atoms with Crippen LogP contribution in [0.2, 0.25) is 5.02 Å². The van der Waals surface area contributed by atoms with Gasteiger partial charge in [0.1, 0.15) is 17.9 Å². The Hall–Kier alpha value is -1.92. The summed E-state index contributed by atoms with van der Waals surface area (Å²) in [6.45, 7) is 3.63. The Morgan fingerprint density at radius 2 is 1.92 bits per heavy atom. The molecule has 0 saturated carbocycles. The van der Waals surface area contributed by atoms with Crippen LogP contribution in [0, 0.1) is 11.8 Å². The second-order valence-electron chi connectivity index (χ2n) is 6.49. The molecular weight excluding hydrogens is 332 g/mol. The lowest BCUT2D eigenvalue weighted by atomic mass is 9.80. The molecular formula is C17H20ClN2O4+. The molecule has 0 spiro atoms. The lowest BCUT2D eigenvalue weighted by Crippen LogP contribution is -2.97. The van der Waals surface area contributed by atoms with E-state index in [1.807, 2.05) is 12.1 Å². The van der Waals surface area contributed by atoms with Gasteiger partial charge in [0, 0.05) is 24.6 Å². The van der Waals surface area contributed by atoms with Gasteiger partial charge >= 0.3 is 5.97 Å². The van der Waals surface area contributed by atoms with E-state index in [4.69, 9.17) is 16.3 Å². The van der Waals surface area contributed by atoms with Crippen LogP contribution in [0.25, 0.3) is 0 Å². The zero-order chi connectivity index (χ0) is 17.6. The van der Waals surface area contributed by atoms with E-state index < -0.39 is 23.3 Å². The number of hydrogen-bond donors (Lipinski definition) is 1. The molecule has 2 amide bonds. The molecule has 2 aliphatic heterocycles. The summed E-state index contributed by atoms with van der Waals surface area (Å²) in [5, 5.41) is 2.39. The molecule has 24 heavy (non-hydrogen) atoms. The van der Waals surface area contributed by atoms with Crippen LogP contribution in [0.3, 0.4) is 0 Å². The van der Waals surface area contributed by atoms with Gasteiger partial charge in [-0.3, -0.25) is 14.5 Å². The third-order valence-corrected chi connectivity index (χ3v) is 5.35. The first-order chi connectivity index (χ1) is 11.3. The maximum absolute atomic E-state index is 12.6. The van der Waals surface area contributed by atoms with Gasteiger partial charge in [-0.2, -0.15) is 0 Å². The van der Waals surface area contributed by atoms with Crippen molar-refractivity contribution in [2.24, 2.45) is 11.8 Å². The van der Waals surface area contributed by atoms with Crippen LogP contribution in [0.4, 0.5) is 0 Å². The SMILES string of the molecule is CCOC(=O)[C@@]1(C)[NH2+][C@@H](c2ccc(Cl)cc2)[C@H]2C(=O)N(C)C(=O)[C@@H]21. The highest BCUT2D eigenvalue weighted by Gasteiger charge is 2.70. The number of likely N-dealkylation sites (tertiary alicyclic amines) is 1. The number of nitrogens with two attached hydrogens (primary N) is 1. The lowest BCUT2D eigenvalue weighted by molar-refractivity contribution is -0.731. The van der Waals surface area contributed by atoms with Gasteiger partial charge in [-0.1, -0.05) is 23.7 Å². The quantitative estimate of drug-likeness (QED) is 0.635. The molecule has 7 heteroatoms. The third kappa shape index (κ3) is 2.32. The first kappa shape index (κ1) is 16.9. The zero-order valence-electron chi connectivity index (χ0n) is 13.8. The van der Waals surface area contributed by atoms with Crippen LogP contribution in [-0.2, 0) is 19.1 Å². The van der Waals surface area contributed by atoms with Crippen LogP contribution < -0.4 is 5.32 Å². The van der Waals surface area contributed by atoms with Gasteiger partial charge in [0.15, 0.2) is 0 Å². The predicted molar refractivity (Wildman–Crippen MR) is 85.9 cm³/mol. The van der Waals surface area contributed by atoms with Crippen molar-refractivity contribution in [1.29, 1.82) is 0 Å². The largest absolute Gasteiger partial charge is 0.461 e. The van der Waals surface area contributed by atoms with E-state index in [1.54, 1.807) is 31.3 Å². The van der Waals surface area contributed by atoms with Gasteiger partial charge in [0.05, 0.1) is 6.61 Å². The number of carbonyl (C=O) groups is 3. The number of fused-ring (bicyclic) bond motifs is 1. The topological polar surface area (TPSA) is 80.3 Å². The Morgan fingerprint density at radius 1 is 1.29 bits per heavy atom. The summed E-state index contributed by atoms with van der Waals surface area (Å²) in [5.41, 5.74) is -0.262. The molecule has 0 aliphatic carbocycles. The van der Waals surface area contributed by atoms with E-state index in [0.29, 0.717) is 5.02 Å². The number of esters is 1. The highest BCUT2D eigenvalue weighted by molar-refractivity contribution is 6.30. The summed E-state index contributed by atoms with van der Waals surface area (Å²) in [4.78, 5) is 38.9. The highest BCUT2D eigenvalue weighted by Crippen LogP contribution is 2.43. The van der Waals surface area contributed by atoms with Gasteiger partial charge in [-0.15, -0.1) is 0 Å². The summed E-state index contributed by atoms with van der Waals surface area (Å²) >= 11 is 5.94. The number of benzene rings is 1. The second-order valence-corrected chi connectivity index (χ2v) is 6.92. The maximum atomic E-state index is 12.6. The molecule has 2 fully saturated rings. The van der Waals surface area contributed by atoms with Gasteiger partial charge in [-0.05, 0) is 19.1 Å². The first-order valence-electron chi connectivity index (χ1n) is 7.91. The molecule has 2 aliphatic rings. The number of rotatable bonds is 3. The van der Waals surface area contributed by atoms with E-state index in [0.717, 1.165) is 10.5 Å². The minimum absolute atomic E-state index is 0.225. The van der Waals surface area contributed by atoms with Crippen LogP contribution in [0.15, 0.2) is 24.3 Å². The van der Waals surface area contributed by atoms with Crippen molar-refractivity contribution in [2.75, 3.05) is 13.7 Å². The van der Waals surface area contributed by atoms with Gasteiger partial charge in [0.2, 0.25) is 17.4 Å². The number of ether oxygens (including phenoxy) is 1. The summed E-state index contributed by atoms with van der Waals surface area (Å²) < 4.78 is 5.19. The van der Waals surface area contributed by atoms with Crippen molar-refractivity contribution in [3.05, 3.63) is 34.9 Å². The first-order valence-corrected chi connectivity index (χ1v) is 8.29. The molecule has 1 aromatic carbocycles. The van der Waals surface area contributed by atoms with Gasteiger partial charge in [-0.25, -0.2) is 4.79 Å². The molecule has 1 aromatic rings. The molecule has 4 atom stereocenters. The molecule has 2 heterocycles.